The average Bonchev–Trinajstić information content (AvgIpc) is 2.83. The number of hydrogen-bond acceptors (Lipinski definition) is 2. The molecule has 3 rings (SSSR count). The Hall–Kier alpha value is -2.40. The smallest absolute Gasteiger partial charge is 0.175 e. The fourth-order valence-corrected chi connectivity index (χ4v) is 2.93. The minimum absolute atomic E-state index is 0.581. The third kappa shape index (κ3) is 3.05. The van der Waals surface area contributed by atoms with Crippen LogP contribution in [0.15, 0.2) is 42.5 Å². The maximum Gasteiger partial charge on any atom is 0.175 e. The summed E-state index contributed by atoms with van der Waals surface area (Å²) in [5.74, 6) is 0.976. The lowest BCUT2D eigenvalue weighted by Crippen LogP contribution is -2.20. The van der Waals surface area contributed by atoms with Gasteiger partial charge in [-0.2, -0.15) is 0 Å². The van der Waals surface area contributed by atoms with Crippen molar-refractivity contribution in [1.29, 1.82) is 0 Å². The van der Waals surface area contributed by atoms with Gasteiger partial charge < -0.3 is 15.2 Å². The van der Waals surface area contributed by atoms with Crippen molar-refractivity contribution in [2.75, 3.05) is 10.6 Å². The molecule has 0 bridgehead atoms. The molecule has 0 unspecified atom stereocenters. The van der Waals surface area contributed by atoms with Crippen LogP contribution in [0.2, 0.25) is 0 Å². The molecule has 0 radical (unpaired) electrons. The van der Waals surface area contributed by atoms with Crippen LogP contribution in [0.5, 0.6) is 0 Å². The average molecular weight is 324 g/mol. The molecular weight excluding hydrogens is 304 g/mol. The summed E-state index contributed by atoms with van der Waals surface area (Å²) in [6.07, 6.45) is 0.961. The molecule has 23 heavy (non-hydrogen) atoms. The lowest BCUT2D eigenvalue weighted by Gasteiger charge is -2.14. The number of hydrogen-bond donors (Lipinski definition) is 2. The number of rotatable bonds is 3. The monoisotopic (exact) mass is 324 g/mol. The summed E-state index contributed by atoms with van der Waals surface area (Å²) in [6.45, 7) is 4.13. The summed E-state index contributed by atoms with van der Waals surface area (Å²) in [5.41, 5.74) is 5.26. The predicted molar refractivity (Wildman–Crippen MR) is 101 cm³/mol. The number of anilines is 2. The Morgan fingerprint density at radius 1 is 1.09 bits per heavy atom. The molecule has 3 aromatic rings. The van der Waals surface area contributed by atoms with Gasteiger partial charge in [-0.1, -0.05) is 31.2 Å². The minimum atomic E-state index is 0.581. The molecule has 2 aromatic carbocycles. The molecule has 0 aliphatic heterocycles. The zero-order valence-electron chi connectivity index (χ0n) is 13.6. The maximum absolute atomic E-state index is 5.49. The Bertz CT molecular complexity index is 867. The summed E-state index contributed by atoms with van der Waals surface area (Å²) in [5, 5.41) is 7.17. The predicted octanol–water partition coefficient (Wildman–Crippen LogP) is 4.25. The number of fused-ring (bicyclic) bond motifs is 1. The number of para-hydroxylation sites is 2. The first-order valence-corrected chi connectivity index (χ1v) is 8.09. The highest BCUT2D eigenvalue weighted by molar-refractivity contribution is 7.80. The van der Waals surface area contributed by atoms with Gasteiger partial charge in [0.2, 0.25) is 0 Å². The third-order valence-corrected chi connectivity index (χ3v) is 4.22. The number of benzene rings is 2. The Morgan fingerprint density at radius 3 is 2.57 bits per heavy atom. The molecule has 118 valence electrons. The standard InChI is InChI=1S/C18H20N4S/c1-4-13-8-5-6-9-14(13)20-18(23)21-16-11-7-10-15-17(16)22(3)12(2)19-15/h5-11H,4H2,1-3H3,(H2,20,21,23). The second kappa shape index (κ2) is 6.38. The molecule has 0 fully saturated rings. The van der Waals surface area contributed by atoms with Crippen molar-refractivity contribution >= 4 is 39.7 Å². The van der Waals surface area contributed by atoms with Gasteiger partial charge in [0.15, 0.2) is 5.11 Å². The quantitative estimate of drug-likeness (QED) is 0.707. The van der Waals surface area contributed by atoms with Crippen LogP contribution >= 0.6 is 12.2 Å². The van der Waals surface area contributed by atoms with Gasteiger partial charge in [0.05, 0.1) is 16.7 Å². The summed E-state index contributed by atoms with van der Waals surface area (Å²) in [6, 6.07) is 14.2. The molecule has 0 amide bonds. The van der Waals surface area contributed by atoms with Gasteiger partial charge in [-0.15, -0.1) is 0 Å². The first-order valence-electron chi connectivity index (χ1n) is 7.68. The number of nitrogens with zero attached hydrogens (tertiary/aromatic N) is 2. The van der Waals surface area contributed by atoms with E-state index in [1.54, 1.807) is 0 Å². The molecule has 0 saturated carbocycles. The summed E-state index contributed by atoms with van der Waals surface area (Å²) >= 11 is 5.49. The first kappa shape index (κ1) is 15.5. The van der Waals surface area contributed by atoms with Gasteiger partial charge >= 0.3 is 0 Å². The highest BCUT2D eigenvalue weighted by atomic mass is 32.1. The van der Waals surface area contributed by atoms with Crippen molar-refractivity contribution in [3.63, 3.8) is 0 Å². The zero-order chi connectivity index (χ0) is 16.4. The second-order valence-corrected chi connectivity index (χ2v) is 5.89. The molecular formula is C18H20N4S. The van der Waals surface area contributed by atoms with E-state index in [1.807, 2.05) is 50.4 Å². The highest BCUT2D eigenvalue weighted by Gasteiger charge is 2.10. The van der Waals surface area contributed by atoms with Crippen molar-refractivity contribution in [1.82, 2.24) is 9.55 Å². The van der Waals surface area contributed by atoms with Crippen LogP contribution in [0.25, 0.3) is 11.0 Å². The van der Waals surface area contributed by atoms with Gasteiger partial charge in [0.25, 0.3) is 0 Å². The number of nitrogens with one attached hydrogen (secondary N) is 2. The highest BCUT2D eigenvalue weighted by Crippen LogP contribution is 2.24. The third-order valence-electron chi connectivity index (χ3n) is 4.01. The lowest BCUT2D eigenvalue weighted by molar-refractivity contribution is 0.886. The topological polar surface area (TPSA) is 41.9 Å². The second-order valence-electron chi connectivity index (χ2n) is 5.48. The normalized spacial score (nSPS) is 10.7. The van der Waals surface area contributed by atoms with E-state index >= 15 is 0 Å². The van der Waals surface area contributed by atoms with Crippen molar-refractivity contribution in [3.8, 4) is 0 Å². The van der Waals surface area contributed by atoms with Gasteiger partial charge in [-0.3, -0.25) is 0 Å². The maximum atomic E-state index is 5.49. The molecule has 0 spiro atoms. The van der Waals surface area contributed by atoms with E-state index < -0.39 is 0 Å². The van der Waals surface area contributed by atoms with E-state index in [9.17, 15) is 0 Å². The fourth-order valence-electron chi connectivity index (χ4n) is 2.71. The fraction of sp³-hybridized carbons (Fsp3) is 0.222. The molecule has 0 aliphatic carbocycles. The Balaban J connectivity index is 1.86. The Kier molecular flexibility index (Phi) is 4.30. The summed E-state index contributed by atoms with van der Waals surface area (Å²) in [7, 11) is 2.01. The molecule has 0 atom stereocenters. The zero-order valence-corrected chi connectivity index (χ0v) is 14.4. The van der Waals surface area contributed by atoms with E-state index in [0.717, 1.165) is 34.7 Å². The van der Waals surface area contributed by atoms with Crippen molar-refractivity contribution in [3.05, 3.63) is 53.9 Å². The molecule has 1 heterocycles. The van der Waals surface area contributed by atoms with Crippen LogP contribution in [0.4, 0.5) is 11.4 Å². The molecule has 4 nitrogen and oxygen atoms in total. The van der Waals surface area contributed by atoms with Gasteiger partial charge in [-0.25, -0.2) is 4.98 Å². The number of thiocarbonyl (C=S) groups is 1. The van der Waals surface area contributed by atoms with Gasteiger partial charge in [0.1, 0.15) is 5.82 Å². The van der Waals surface area contributed by atoms with E-state index in [2.05, 4.69) is 33.2 Å². The van der Waals surface area contributed by atoms with Crippen LogP contribution in [0.1, 0.15) is 18.3 Å². The molecule has 0 aliphatic rings. The van der Waals surface area contributed by atoms with E-state index in [-0.39, 0.29) is 0 Å². The van der Waals surface area contributed by atoms with Crippen LogP contribution in [-0.4, -0.2) is 14.7 Å². The van der Waals surface area contributed by atoms with Gasteiger partial charge in [-0.05, 0) is 49.3 Å². The molecule has 0 saturated heterocycles. The SMILES string of the molecule is CCc1ccccc1NC(=S)Nc1cccc2nc(C)n(C)c12. The molecule has 2 N–H and O–H groups in total. The van der Waals surface area contributed by atoms with Crippen LogP contribution < -0.4 is 10.6 Å². The Labute approximate surface area is 141 Å². The van der Waals surface area contributed by atoms with Gasteiger partial charge in [0, 0.05) is 12.7 Å². The lowest BCUT2D eigenvalue weighted by atomic mass is 10.1. The molecule has 5 heteroatoms. The molecule has 1 aromatic heterocycles. The Morgan fingerprint density at radius 2 is 1.78 bits per heavy atom. The van der Waals surface area contributed by atoms with Crippen molar-refractivity contribution in [2.45, 2.75) is 20.3 Å². The van der Waals surface area contributed by atoms with Crippen LogP contribution in [-0.2, 0) is 13.5 Å². The minimum Gasteiger partial charge on any atom is -0.332 e. The number of aryl methyl sites for hydroxylation is 3. The van der Waals surface area contributed by atoms with Crippen LogP contribution in [0, 0.1) is 6.92 Å². The van der Waals surface area contributed by atoms with E-state index in [1.165, 1.54) is 5.56 Å². The van der Waals surface area contributed by atoms with Crippen LogP contribution in [0.3, 0.4) is 0 Å². The van der Waals surface area contributed by atoms with E-state index in [0.29, 0.717) is 5.11 Å². The summed E-state index contributed by atoms with van der Waals surface area (Å²) < 4.78 is 2.07. The van der Waals surface area contributed by atoms with Crippen molar-refractivity contribution < 1.29 is 0 Å². The first-order chi connectivity index (χ1) is 11.1. The summed E-state index contributed by atoms with van der Waals surface area (Å²) in [4.78, 5) is 4.55. The number of imidazole rings is 1. The largest absolute Gasteiger partial charge is 0.332 e. The number of aromatic nitrogens is 2. The van der Waals surface area contributed by atoms with Crippen molar-refractivity contribution in [2.24, 2.45) is 7.05 Å². The van der Waals surface area contributed by atoms with E-state index in [4.69, 9.17) is 12.2 Å².